The van der Waals surface area contributed by atoms with E-state index in [0.29, 0.717) is 10.4 Å². The summed E-state index contributed by atoms with van der Waals surface area (Å²) in [5.41, 5.74) is 1.32. The van der Waals surface area contributed by atoms with Crippen LogP contribution in [0.1, 0.15) is 20.8 Å². The highest BCUT2D eigenvalue weighted by Gasteiger charge is 2.16. The molecule has 0 spiro atoms. The number of ketones is 1. The monoisotopic (exact) mass is 378 g/mol. The molecule has 0 N–H and O–H groups in total. The van der Waals surface area contributed by atoms with E-state index in [4.69, 9.17) is 0 Å². The van der Waals surface area contributed by atoms with Crippen LogP contribution in [0.2, 0.25) is 0 Å². The summed E-state index contributed by atoms with van der Waals surface area (Å²) in [4.78, 5) is 25.9. The van der Waals surface area contributed by atoms with Crippen molar-refractivity contribution in [2.45, 2.75) is 0 Å². The van der Waals surface area contributed by atoms with Crippen molar-refractivity contribution in [3.05, 3.63) is 86.9 Å². The van der Waals surface area contributed by atoms with Crippen LogP contribution in [-0.2, 0) is 0 Å². The van der Waals surface area contributed by atoms with E-state index in [1.807, 2.05) is 38.4 Å². The van der Waals surface area contributed by atoms with Crippen LogP contribution in [-0.4, -0.2) is 29.7 Å². The summed E-state index contributed by atoms with van der Waals surface area (Å²) in [5, 5.41) is 12.2. The Balaban J connectivity index is 2.09. The molecule has 0 saturated heterocycles. The lowest BCUT2D eigenvalue weighted by Crippen LogP contribution is -2.02. The van der Waals surface area contributed by atoms with Gasteiger partial charge < -0.3 is 4.90 Å². The molecule has 0 aliphatic carbocycles. The summed E-state index contributed by atoms with van der Waals surface area (Å²) in [5.74, 6) is -0.0906. The predicted octanol–water partition coefficient (Wildman–Crippen LogP) is 5.24. The van der Waals surface area contributed by atoms with Gasteiger partial charge in [0.2, 0.25) is 0 Å². The first-order valence-electron chi connectivity index (χ1n) is 8.29. The van der Waals surface area contributed by atoms with E-state index >= 15 is 0 Å². The van der Waals surface area contributed by atoms with Gasteiger partial charge in [0, 0.05) is 48.1 Å². The molecule has 5 nitrogen and oxygen atoms in total. The zero-order valence-corrected chi connectivity index (χ0v) is 15.8. The lowest BCUT2D eigenvalue weighted by atomic mass is 10.1. The first kappa shape index (κ1) is 18.5. The quantitative estimate of drug-likeness (QED) is 0.255. The van der Waals surface area contributed by atoms with Gasteiger partial charge in [-0.1, -0.05) is 36.4 Å². The van der Waals surface area contributed by atoms with Gasteiger partial charge in [0.25, 0.3) is 5.69 Å². The van der Waals surface area contributed by atoms with Crippen molar-refractivity contribution in [2.75, 3.05) is 14.1 Å². The van der Waals surface area contributed by atoms with Crippen molar-refractivity contribution >= 4 is 45.0 Å². The van der Waals surface area contributed by atoms with Crippen LogP contribution in [0.25, 0.3) is 22.2 Å². The topological polar surface area (TPSA) is 63.5 Å². The van der Waals surface area contributed by atoms with Crippen LogP contribution in [0.4, 0.5) is 5.69 Å². The Morgan fingerprint density at radius 2 is 1.78 bits per heavy atom. The molecule has 3 rings (SSSR count). The van der Waals surface area contributed by atoms with Crippen LogP contribution in [0.5, 0.6) is 0 Å². The molecule has 0 saturated carbocycles. The normalized spacial score (nSPS) is 11.5. The van der Waals surface area contributed by atoms with E-state index in [2.05, 4.69) is 0 Å². The molecular weight excluding hydrogens is 360 g/mol. The van der Waals surface area contributed by atoms with Gasteiger partial charge in [-0.25, -0.2) is 0 Å². The Morgan fingerprint density at radius 1 is 1.07 bits per heavy atom. The van der Waals surface area contributed by atoms with Gasteiger partial charge in [0.1, 0.15) is 0 Å². The van der Waals surface area contributed by atoms with Crippen LogP contribution < -0.4 is 0 Å². The first-order valence-corrected chi connectivity index (χ1v) is 9.11. The van der Waals surface area contributed by atoms with Gasteiger partial charge in [-0.05, 0) is 18.2 Å². The predicted molar refractivity (Wildman–Crippen MR) is 111 cm³/mol. The molecule has 6 heteroatoms. The third-order valence-electron chi connectivity index (χ3n) is 3.94. The number of hydrogen-bond acceptors (Lipinski definition) is 5. The zero-order valence-electron chi connectivity index (χ0n) is 15.0. The fourth-order valence-electron chi connectivity index (χ4n) is 2.67. The molecule has 0 amide bonds. The second kappa shape index (κ2) is 7.97. The Hall–Kier alpha value is -3.25. The fraction of sp³-hybridized carbons (Fsp3) is 0.0952. The van der Waals surface area contributed by atoms with Crippen molar-refractivity contribution in [1.82, 2.24) is 4.90 Å². The first-order chi connectivity index (χ1) is 13.0. The van der Waals surface area contributed by atoms with Gasteiger partial charge in [-0.15, -0.1) is 11.3 Å². The highest BCUT2D eigenvalue weighted by atomic mass is 32.1. The minimum absolute atomic E-state index is 0.0358. The van der Waals surface area contributed by atoms with Crippen molar-refractivity contribution in [2.24, 2.45) is 0 Å². The third-order valence-corrected chi connectivity index (χ3v) is 5.15. The molecule has 0 fully saturated rings. The number of rotatable bonds is 6. The smallest absolute Gasteiger partial charge is 0.276 e. The number of fused-ring (bicyclic) bond motifs is 1. The van der Waals surface area contributed by atoms with Crippen LogP contribution in [0.3, 0.4) is 0 Å². The Bertz CT molecular complexity index is 1060. The maximum Gasteiger partial charge on any atom is 0.276 e. The number of allylic oxidation sites excluding steroid dienone is 1. The molecule has 0 aliphatic heterocycles. The lowest BCUT2D eigenvalue weighted by molar-refractivity contribution is -0.385. The van der Waals surface area contributed by atoms with Gasteiger partial charge in [0.05, 0.1) is 15.4 Å². The minimum atomic E-state index is -0.405. The summed E-state index contributed by atoms with van der Waals surface area (Å²) in [7, 11) is 3.70. The zero-order chi connectivity index (χ0) is 19.4. The number of carbonyl (C=O) groups is 1. The van der Waals surface area contributed by atoms with E-state index < -0.39 is 4.92 Å². The Labute approximate surface area is 161 Å². The summed E-state index contributed by atoms with van der Waals surface area (Å²) in [6.07, 6.45) is 6.73. The largest absolute Gasteiger partial charge is 0.383 e. The molecule has 136 valence electrons. The number of benzene rings is 2. The summed E-state index contributed by atoms with van der Waals surface area (Å²) < 4.78 is 1.00. The van der Waals surface area contributed by atoms with Gasteiger partial charge in [0.15, 0.2) is 5.78 Å². The molecule has 0 aliphatic rings. The number of thiophene rings is 1. The fourth-order valence-corrected chi connectivity index (χ4v) is 3.79. The molecule has 3 aromatic rings. The average molecular weight is 378 g/mol. The number of nitro groups is 1. The van der Waals surface area contributed by atoms with Gasteiger partial charge in [-0.3, -0.25) is 14.9 Å². The number of nitro benzene ring substituents is 1. The Morgan fingerprint density at radius 3 is 2.52 bits per heavy atom. The van der Waals surface area contributed by atoms with E-state index in [0.717, 1.165) is 15.6 Å². The standard InChI is InChI=1S/C21H18N2O3S/c1-22(2)14-13-19(24)21-17(16-8-4-6-10-20(16)27-21)12-11-15-7-3-5-9-18(15)23(25)26/h3-14H,1-2H3/b12-11+,14-13+. The van der Waals surface area contributed by atoms with Crippen LogP contribution in [0.15, 0.2) is 60.8 Å². The molecule has 0 unspecified atom stereocenters. The number of hydrogen-bond donors (Lipinski definition) is 0. The average Bonchev–Trinajstić information content (AvgIpc) is 3.03. The second-order valence-electron chi connectivity index (χ2n) is 6.13. The maximum atomic E-state index is 12.7. The van der Waals surface area contributed by atoms with Crippen LogP contribution >= 0.6 is 11.3 Å². The lowest BCUT2D eigenvalue weighted by Gasteiger charge is -2.02. The van der Waals surface area contributed by atoms with Crippen LogP contribution in [0, 0.1) is 10.1 Å². The van der Waals surface area contributed by atoms with Gasteiger partial charge in [-0.2, -0.15) is 0 Å². The summed E-state index contributed by atoms with van der Waals surface area (Å²) in [6, 6.07) is 14.3. The Kier molecular flexibility index (Phi) is 5.47. The number of carbonyl (C=O) groups excluding carboxylic acids is 1. The third kappa shape index (κ3) is 4.12. The second-order valence-corrected chi connectivity index (χ2v) is 7.19. The van der Waals surface area contributed by atoms with E-state index in [-0.39, 0.29) is 11.5 Å². The molecule has 0 radical (unpaired) electrons. The maximum absolute atomic E-state index is 12.7. The number of nitrogens with zero attached hydrogens (tertiary/aromatic N) is 2. The molecular formula is C21H18N2O3S. The molecule has 1 heterocycles. The number of para-hydroxylation sites is 1. The summed E-state index contributed by atoms with van der Waals surface area (Å²) in [6.45, 7) is 0. The highest BCUT2D eigenvalue weighted by Crippen LogP contribution is 2.34. The van der Waals surface area contributed by atoms with Crippen molar-refractivity contribution in [3.63, 3.8) is 0 Å². The van der Waals surface area contributed by atoms with Crippen molar-refractivity contribution in [1.29, 1.82) is 0 Å². The van der Waals surface area contributed by atoms with Gasteiger partial charge >= 0.3 is 0 Å². The molecule has 0 bridgehead atoms. The SMILES string of the molecule is CN(C)/C=C/C(=O)c1sc2ccccc2c1/C=C/c1ccccc1[N+](=O)[O-]. The molecule has 27 heavy (non-hydrogen) atoms. The molecule has 0 atom stereocenters. The van der Waals surface area contributed by atoms with E-state index in [9.17, 15) is 14.9 Å². The van der Waals surface area contributed by atoms with E-state index in [1.165, 1.54) is 23.5 Å². The van der Waals surface area contributed by atoms with Crippen molar-refractivity contribution < 1.29 is 9.72 Å². The molecule has 2 aromatic carbocycles. The molecule has 1 aromatic heterocycles. The minimum Gasteiger partial charge on any atom is -0.383 e. The van der Waals surface area contributed by atoms with Crippen molar-refractivity contribution in [3.8, 4) is 0 Å². The van der Waals surface area contributed by atoms with E-state index in [1.54, 1.807) is 41.5 Å². The summed E-state index contributed by atoms with van der Waals surface area (Å²) >= 11 is 1.42. The highest BCUT2D eigenvalue weighted by molar-refractivity contribution is 7.21.